The highest BCUT2D eigenvalue weighted by Gasteiger charge is 2.38. The van der Waals surface area contributed by atoms with Gasteiger partial charge in [0.05, 0.1) is 24.4 Å². The van der Waals surface area contributed by atoms with Gasteiger partial charge in [0.25, 0.3) is 0 Å². The molecule has 5 atom stereocenters. The molecule has 1 heterocycles. The average Bonchev–Trinajstić information content (AvgIpc) is 2.93. The Hall–Kier alpha value is -2.51. The number of carbonyl (C=O) groups is 1. The zero-order chi connectivity index (χ0) is 20.5. The third-order valence-corrected chi connectivity index (χ3v) is 5.77. The van der Waals surface area contributed by atoms with Crippen LogP contribution in [0.4, 0.5) is 0 Å². The summed E-state index contributed by atoms with van der Waals surface area (Å²) in [6.45, 7) is -0.385. The molecule has 152 valence electrons. The van der Waals surface area contributed by atoms with Crippen molar-refractivity contribution in [3.8, 4) is 11.1 Å². The van der Waals surface area contributed by atoms with Crippen molar-refractivity contribution in [2.45, 2.75) is 43.2 Å². The third kappa shape index (κ3) is 3.72. The minimum absolute atomic E-state index is 0.140. The molecule has 0 amide bonds. The lowest BCUT2D eigenvalue weighted by Crippen LogP contribution is -2.50. The van der Waals surface area contributed by atoms with Crippen molar-refractivity contribution < 1.29 is 30.0 Å². The molecule has 0 radical (unpaired) electrons. The quantitative estimate of drug-likeness (QED) is 0.632. The van der Waals surface area contributed by atoms with Gasteiger partial charge in [-0.15, -0.1) is 0 Å². The molecule has 1 unspecified atom stereocenters. The summed E-state index contributed by atoms with van der Waals surface area (Å²) in [6, 6.07) is 11.2. The van der Waals surface area contributed by atoms with Gasteiger partial charge in [0.1, 0.15) is 12.2 Å². The molecular weight excluding hydrogens is 372 g/mol. The highest BCUT2D eigenvalue weighted by Crippen LogP contribution is 2.40. The maximum atomic E-state index is 12.0. The highest BCUT2D eigenvalue weighted by atomic mass is 16.5. The van der Waals surface area contributed by atoms with E-state index in [1.807, 2.05) is 54.6 Å². The van der Waals surface area contributed by atoms with Crippen molar-refractivity contribution in [3.63, 3.8) is 0 Å². The fraction of sp³-hybridized carbons (Fsp3) is 0.348. The Morgan fingerprint density at radius 3 is 2.72 bits per heavy atom. The summed E-state index contributed by atoms with van der Waals surface area (Å²) in [5, 5.41) is 39.4. The van der Waals surface area contributed by atoms with Crippen LogP contribution in [-0.2, 0) is 4.74 Å². The molecule has 29 heavy (non-hydrogen) atoms. The number of hydrogen-bond donors (Lipinski definition) is 4. The van der Waals surface area contributed by atoms with Crippen molar-refractivity contribution in [3.05, 3.63) is 71.3 Å². The van der Waals surface area contributed by atoms with Crippen LogP contribution >= 0.6 is 0 Å². The van der Waals surface area contributed by atoms with E-state index in [-0.39, 0.29) is 18.9 Å². The molecule has 1 saturated heterocycles. The first kappa shape index (κ1) is 19.8. The molecule has 4 N–H and O–H groups in total. The van der Waals surface area contributed by atoms with Crippen molar-refractivity contribution in [1.29, 1.82) is 0 Å². The van der Waals surface area contributed by atoms with E-state index in [4.69, 9.17) is 4.74 Å². The van der Waals surface area contributed by atoms with E-state index in [0.29, 0.717) is 17.5 Å². The Morgan fingerprint density at radius 2 is 1.97 bits per heavy atom. The molecule has 4 aliphatic rings. The first-order valence-electron chi connectivity index (χ1n) is 9.75. The van der Waals surface area contributed by atoms with E-state index in [1.54, 1.807) is 0 Å². The molecule has 6 nitrogen and oxygen atoms in total. The van der Waals surface area contributed by atoms with Gasteiger partial charge in [0, 0.05) is 12.3 Å². The van der Waals surface area contributed by atoms with Gasteiger partial charge in [-0.2, -0.15) is 0 Å². The molecule has 0 bridgehead atoms. The average molecular weight is 396 g/mol. The Labute approximate surface area is 168 Å². The minimum atomic E-state index is -1.13. The Bertz CT molecular complexity index is 933. The smallest absolute Gasteiger partial charge is 0.336 e. The number of carboxylic acids is 1. The van der Waals surface area contributed by atoms with Crippen molar-refractivity contribution in [1.82, 2.24) is 0 Å². The minimum Gasteiger partial charge on any atom is -0.478 e. The number of rotatable bonds is 4. The van der Waals surface area contributed by atoms with Crippen molar-refractivity contribution >= 4 is 5.97 Å². The fourth-order valence-corrected chi connectivity index (χ4v) is 4.30. The maximum absolute atomic E-state index is 12.0. The SMILES string of the molecule is O=C(O)c1c2cccccc-2cc1C1C=C([C@H]2C[C@@H](O)[C@H](O)[C@@H](CO)O2)C=CC1. The first-order chi connectivity index (χ1) is 14.0. The molecule has 1 aliphatic heterocycles. The Morgan fingerprint density at radius 1 is 1.17 bits per heavy atom. The third-order valence-electron chi connectivity index (χ3n) is 5.77. The van der Waals surface area contributed by atoms with E-state index in [9.17, 15) is 25.2 Å². The summed E-state index contributed by atoms with van der Waals surface area (Å²) in [4.78, 5) is 12.0. The van der Waals surface area contributed by atoms with Gasteiger partial charge in [0.15, 0.2) is 0 Å². The first-order valence-corrected chi connectivity index (χ1v) is 9.75. The van der Waals surface area contributed by atoms with Crippen molar-refractivity contribution in [2.75, 3.05) is 6.61 Å². The number of carboxylic acid groups (broad SMARTS) is 1. The maximum Gasteiger partial charge on any atom is 0.336 e. The Balaban J connectivity index is 1.70. The van der Waals surface area contributed by atoms with Crippen LogP contribution in [0.1, 0.15) is 34.7 Å². The number of fused-ring (bicyclic) bond motifs is 1. The molecule has 0 aromatic carbocycles. The predicted octanol–water partition coefficient (Wildman–Crippen LogP) is 2.33. The number of aliphatic hydroxyl groups is 3. The molecule has 1 fully saturated rings. The van der Waals surface area contributed by atoms with Gasteiger partial charge in [-0.25, -0.2) is 4.79 Å². The Kier molecular flexibility index (Phi) is 5.52. The number of aliphatic hydroxyl groups excluding tert-OH is 3. The largest absolute Gasteiger partial charge is 0.478 e. The van der Waals surface area contributed by atoms with Crippen LogP contribution < -0.4 is 0 Å². The van der Waals surface area contributed by atoms with Crippen LogP contribution in [0.15, 0.2) is 60.2 Å². The summed E-state index contributed by atoms with van der Waals surface area (Å²) in [6.07, 6.45) is 3.29. The molecular formula is C23H24O6. The lowest BCUT2D eigenvalue weighted by Gasteiger charge is -2.37. The molecule has 0 spiro atoms. The standard InChI is InChI=1S/C23H24O6/c24-12-20-22(26)18(25)11-19(29-20)15-7-4-6-13(9-15)17-10-14-5-2-1-3-8-16(14)21(17)23(27)28/h1-5,7-10,13,18-20,22,24-26H,6,11-12H2,(H,27,28)/t13?,18-,19-,20-,22+/m1/s1. The summed E-state index contributed by atoms with van der Waals surface area (Å²) in [7, 11) is 0. The topological polar surface area (TPSA) is 107 Å². The second kappa shape index (κ2) is 8.08. The van der Waals surface area contributed by atoms with E-state index < -0.39 is 30.4 Å². The summed E-state index contributed by atoms with van der Waals surface area (Å²) >= 11 is 0. The van der Waals surface area contributed by atoms with Crippen LogP contribution in [-0.4, -0.2) is 57.4 Å². The molecule has 0 aromatic rings. The second-order valence-electron chi connectivity index (χ2n) is 7.61. The van der Waals surface area contributed by atoms with E-state index >= 15 is 0 Å². The van der Waals surface area contributed by atoms with Crippen LogP contribution in [0.5, 0.6) is 0 Å². The number of allylic oxidation sites excluding steroid dienone is 2. The van der Waals surface area contributed by atoms with E-state index in [2.05, 4.69) is 0 Å². The lowest BCUT2D eigenvalue weighted by atomic mass is 9.85. The number of hydrogen-bond acceptors (Lipinski definition) is 5. The zero-order valence-corrected chi connectivity index (χ0v) is 15.8. The van der Waals surface area contributed by atoms with Gasteiger partial charge in [-0.05, 0) is 34.8 Å². The van der Waals surface area contributed by atoms with E-state index in [0.717, 1.165) is 16.7 Å². The van der Waals surface area contributed by atoms with Crippen LogP contribution in [0.25, 0.3) is 11.1 Å². The molecule has 0 aromatic heterocycles. The van der Waals surface area contributed by atoms with Crippen LogP contribution in [0.3, 0.4) is 0 Å². The number of aromatic carboxylic acids is 1. The van der Waals surface area contributed by atoms with Gasteiger partial charge in [-0.1, -0.05) is 48.6 Å². The van der Waals surface area contributed by atoms with Crippen LogP contribution in [0, 0.1) is 0 Å². The normalized spacial score (nSPS) is 29.6. The summed E-state index contributed by atoms with van der Waals surface area (Å²) in [5.74, 6) is -1.10. The lowest BCUT2D eigenvalue weighted by molar-refractivity contribution is -0.169. The van der Waals surface area contributed by atoms with Gasteiger partial charge < -0.3 is 25.2 Å². The van der Waals surface area contributed by atoms with Crippen LogP contribution in [0.2, 0.25) is 0 Å². The molecule has 0 saturated carbocycles. The summed E-state index contributed by atoms with van der Waals surface area (Å²) < 4.78 is 5.80. The predicted molar refractivity (Wildman–Crippen MR) is 107 cm³/mol. The summed E-state index contributed by atoms with van der Waals surface area (Å²) in [5.41, 5.74) is 3.45. The highest BCUT2D eigenvalue weighted by molar-refractivity contribution is 6.00. The number of ether oxygens (including phenoxy) is 1. The fourth-order valence-electron chi connectivity index (χ4n) is 4.30. The molecule has 4 rings (SSSR count). The second-order valence-corrected chi connectivity index (χ2v) is 7.61. The van der Waals surface area contributed by atoms with Gasteiger partial charge >= 0.3 is 5.97 Å². The monoisotopic (exact) mass is 396 g/mol. The van der Waals surface area contributed by atoms with E-state index in [1.165, 1.54) is 0 Å². The molecule has 3 aliphatic carbocycles. The van der Waals surface area contributed by atoms with Gasteiger partial charge in [-0.3, -0.25) is 0 Å². The van der Waals surface area contributed by atoms with Crippen molar-refractivity contribution in [2.24, 2.45) is 0 Å². The zero-order valence-electron chi connectivity index (χ0n) is 15.8. The van der Waals surface area contributed by atoms with Gasteiger partial charge in [0.2, 0.25) is 0 Å². The molecule has 6 heteroatoms.